The van der Waals surface area contributed by atoms with Crippen LogP contribution in [0.1, 0.15) is 12.5 Å². The number of benzene rings is 1. The minimum absolute atomic E-state index is 0.0365. The van der Waals surface area contributed by atoms with Crippen LogP contribution in [-0.4, -0.2) is 60.0 Å². The predicted octanol–water partition coefficient (Wildman–Crippen LogP) is 0.439. The van der Waals surface area contributed by atoms with Crippen LogP contribution in [0.4, 0.5) is 16.2 Å². The van der Waals surface area contributed by atoms with Gasteiger partial charge in [0.25, 0.3) is 5.69 Å². The van der Waals surface area contributed by atoms with E-state index >= 15 is 0 Å². The number of nitrogens with zero attached hydrogens (tertiary/aromatic N) is 3. The van der Waals surface area contributed by atoms with E-state index in [1.165, 1.54) is 19.2 Å². The van der Waals surface area contributed by atoms with Gasteiger partial charge in [-0.05, 0) is 18.6 Å². The number of barbiturate groups is 1. The van der Waals surface area contributed by atoms with E-state index in [0.717, 1.165) is 10.6 Å². The third-order valence-corrected chi connectivity index (χ3v) is 5.61. The number of anilines is 1. The summed E-state index contributed by atoms with van der Waals surface area (Å²) in [7, 11) is 1.31. The third-order valence-electron chi connectivity index (χ3n) is 5.61. The molecule has 10 heteroatoms. The zero-order valence-corrected chi connectivity index (χ0v) is 14.8. The summed E-state index contributed by atoms with van der Waals surface area (Å²) in [4.78, 5) is 51.4. The first-order chi connectivity index (χ1) is 12.8. The molecule has 142 valence electrons. The number of amides is 4. The van der Waals surface area contributed by atoms with E-state index in [1.54, 1.807) is 6.07 Å². The number of carbonyl (C=O) groups is 3. The molecule has 0 saturated carbocycles. The molecule has 3 aliphatic heterocycles. The Balaban J connectivity index is 1.90. The molecular formula is C17H18N4O6. The van der Waals surface area contributed by atoms with Crippen LogP contribution in [0.15, 0.2) is 18.2 Å². The van der Waals surface area contributed by atoms with E-state index in [1.807, 2.05) is 11.8 Å². The molecule has 1 spiro atoms. The number of ether oxygens (including phenoxy) is 1. The van der Waals surface area contributed by atoms with Crippen molar-refractivity contribution in [2.24, 2.45) is 5.41 Å². The Morgan fingerprint density at radius 3 is 2.78 bits per heavy atom. The van der Waals surface area contributed by atoms with Gasteiger partial charge in [-0.1, -0.05) is 0 Å². The Bertz CT molecular complexity index is 886. The molecule has 3 heterocycles. The van der Waals surface area contributed by atoms with Gasteiger partial charge in [-0.3, -0.25) is 29.9 Å². The number of imide groups is 2. The van der Waals surface area contributed by atoms with Crippen LogP contribution in [0, 0.1) is 15.5 Å². The maximum absolute atomic E-state index is 13.1. The molecule has 1 aromatic rings. The summed E-state index contributed by atoms with van der Waals surface area (Å²) < 4.78 is 5.72. The minimum atomic E-state index is -1.58. The molecule has 0 radical (unpaired) electrons. The molecule has 2 saturated heterocycles. The molecule has 4 amide bonds. The zero-order chi connectivity index (χ0) is 19.5. The van der Waals surface area contributed by atoms with E-state index in [2.05, 4.69) is 5.32 Å². The SMILES string of the molecule is CC1CN2c3ccc([N+](=O)[O-])cc3CC3(C(=O)NC(=O)N(C)C3=O)C2CO1. The molecule has 10 nitrogen and oxygen atoms in total. The van der Waals surface area contributed by atoms with Gasteiger partial charge in [0.15, 0.2) is 5.41 Å². The minimum Gasteiger partial charge on any atom is -0.374 e. The first-order valence-corrected chi connectivity index (χ1v) is 8.55. The Morgan fingerprint density at radius 2 is 2.07 bits per heavy atom. The fourth-order valence-corrected chi connectivity index (χ4v) is 4.23. The van der Waals surface area contributed by atoms with Gasteiger partial charge in [0.05, 0.1) is 23.7 Å². The van der Waals surface area contributed by atoms with Crippen LogP contribution >= 0.6 is 0 Å². The van der Waals surface area contributed by atoms with Crippen LogP contribution in [0.5, 0.6) is 0 Å². The summed E-state index contributed by atoms with van der Waals surface area (Å²) in [6.45, 7) is 2.44. The first-order valence-electron chi connectivity index (χ1n) is 8.55. The summed E-state index contributed by atoms with van der Waals surface area (Å²) in [5.74, 6) is -1.32. The lowest BCUT2D eigenvalue weighted by Gasteiger charge is -2.53. The van der Waals surface area contributed by atoms with Crippen LogP contribution in [0.3, 0.4) is 0 Å². The first kappa shape index (κ1) is 17.4. The fraction of sp³-hybridized carbons (Fsp3) is 0.471. The number of hydrogen-bond acceptors (Lipinski definition) is 7. The second-order valence-corrected chi connectivity index (χ2v) is 7.15. The van der Waals surface area contributed by atoms with Crippen molar-refractivity contribution >= 4 is 29.2 Å². The van der Waals surface area contributed by atoms with Gasteiger partial charge in [0, 0.05) is 37.8 Å². The van der Waals surface area contributed by atoms with Crippen molar-refractivity contribution in [3.8, 4) is 0 Å². The lowest BCUT2D eigenvalue weighted by Crippen LogP contribution is -2.73. The number of non-ortho nitro benzene ring substituents is 1. The van der Waals surface area contributed by atoms with E-state index in [9.17, 15) is 24.5 Å². The number of hydrogen-bond donors (Lipinski definition) is 1. The third kappa shape index (κ3) is 2.33. The largest absolute Gasteiger partial charge is 0.374 e. The van der Waals surface area contributed by atoms with Gasteiger partial charge in [-0.25, -0.2) is 4.79 Å². The normalized spacial score (nSPS) is 30.1. The number of nitrogens with one attached hydrogen (secondary N) is 1. The van der Waals surface area contributed by atoms with Crippen molar-refractivity contribution in [3.05, 3.63) is 33.9 Å². The van der Waals surface area contributed by atoms with Crippen LogP contribution in [0.2, 0.25) is 0 Å². The summed E-state index contributed by atoms with van der Waals surface area (Å²) in [5.41, 5.74) is -0.422. The van der Waals surface area contributed by atoms with Gasteiger partial charge in [-0.15, -0.1) is 0 Å². The van der Waals surface area contributed by atoms with Gasteiger partial charge in [0.2, 0.25) is 11.8 Å². The van der Waals surface area contributed by atoms with Gasteiger partial charge in [0.1, 0.15) is 0 Å². The van der Waals surface area contributed by atoms with Crippen molar-refractivity contribution in [3.63, 3.8) is 0 Å². The maximum atomic E-state index is 13.1. The number of urea groups is 1. The fourth-order valence-electron chi connectivity index (χ4n) is 4.23. The molecule has 0 aliphatic carbocycles. The Morgan fingerprint density at radius 1 is 1.33 bits per heavy atom. The Kier molecular flexibility index (Phi) is 3.70. The summed E-state index contributed by atoms with van der Waals surface area (Å²) in [6.07, 6.45) is -0.175. The van der Waals surface area contributed by atoms with Gasteiger partial charge >= 0.3 is 6.03 Å². The molecule has 0 aromatic heterocycles. The van der Waals surface area contributed by atoms with Crippen LogP contribution in [0.25, 0.3) is 0 Å². The van der Waals surface area contributed by atoms with E-state index in [0.29, 0.717) is 12.1 Å². The Hall–Kier alpha value is -3.01. The van der Waals surface area contributed by atoms with Crippen molar-refractivity contribution in [2.75, 3.05) is 25.1 Å². The monoisotopic (exact) mass is 374 g/mol. The van der Waals surface area contributed by atoms with Crippen molar-refractivity contribution in [1.29, 1.82) is 0 Å². The quantitative estimate of drug-likeness (QED) is 0.430. The second-order valence-electron chi connectivity index (χ2n) is 7.15. The number of fused-ring (bicyclic) bond motifs is 4. The molecule has 4 rings (SSSR count). The predicted molar refractivity (Wildman–Crippen MR) is 92.1 cm³/mol. The van der Waals surface area contributed by atoms with E-state index < -0.39 is 34.2 Å². The van der Waals surface area contributed by atoms with Crippen molar-refractivity contribution < 1.29 is 24.0 Å². The van der Waals surface area contributed by atoms with Gasteiger partial charge < -0.3 is 9.64 Å². The van der Waals surface area contributed by atoms with Crippen LogP contribution in [-0.2, 0) is 20.7 Å². The average Bonchev–Trinajstić information content (AvgIpc) is 2.64. The lowest BCUT2D eigenvalue weighted by atomic mass is 9.68. The summed E-state index contributed by atoms with van der Waals surface area (Å²) >= 11 is 0. The summed E-state index contributed by atoms with van der Waals surface area (Å²) in [6, 6.07) is 3.06. The molecule has 27 heavy (non-hydrogen) atoms. The molecule has 3 unspecified atom stereocenters. The maximum Gasteiger partial charge on any atom is 0.330 e. The number of nitro groups is 1. The highest BCUT2D eigenvalue weighted by molar-refractivity contribution is 6.20. The topological polar surface area (TPSA) is 122 Å². The zero-order valence-electron chi connectivity index (χ0n) is 14.8. The van der Waals surface area contributed by atoms with Crippen molar-refractivity contribution in [1.82, 2.24) is 10.2 Å². The molecular weight excluding hydrogens is 356 g/mol. The van der Waals surface area contributed by atoms with E-state index in [-0.39, 0.29) is 24.8 Å². The smallest absolute Gasteiger partial charge is 0.330 e. The summed E-state index contributed by atoms with van der Waals surface area (Å²) in [5, 5.41) is 13.4. The number of carbonyl (C=O) groups excluding carboxylic acids is 3. The number of morpholine rings is 1. The standard InChI is InChI=1S/C17H18N4O6/c1-9-7-20-12-4-3-11(21(25)26)5-10(12)6-17(13(20)8-27-9)14(22)18-16(24)19(2)15(17)23/h3-5,9,13H,6-8H2,1-2H3,(H,18,22,24). The number of nitro benzene ring substituents is 1. The highest BCUT2D eigenvalue weighted by Crippen LogP contribution is 2.46. The lowest BCUT2D eigenvalue weighted by molar-refractivity contribution is -0.384. The second kappa shape index (κ2) is 5.74. The molecule has 0 bridgehead atoms. The van der Waals surface area contributed by atoms with Crippen molar-refractivity contribution in [2.45, 2.75) is 25.5 Å². The van der Waals surface area contributed by atoms with E-state index in [4.69, 9.17) is 4.74 Å². The number of rotatable bonds is 1. The molecule has 3 aliphatic rings. The highest BCUT2D eigenvalue weighted by Gasteiger charge is 2.62. The molecule has 2 fully saturated rings. The van der Waals surface area contributed by atoms with Crippen LogP contribution < -0.4 is 10.2 Å². The molecule has 1 N–H and O–H groups in total. The highest BCUT2D eigenvalue weighted by atomic mass is 16.6. The average molecular weight is 374 g/mol. The molecule has 1 aromatic carbocycles. The van der Waals surface area contributed by atoms with Gasteiger partial charge in [-0.2, -0.15) is 0 Å². The Labute approximate surface area is 154 Å². The molecule has 3 atom stereocenters.